The van der Waals surface area contributed by atoms with Gasteiger partial charge in [0.15, 0.2) is 0 Å². The van der Waals surface area contributed by atoms with Gasteiger partial charge in [-0.3, -0.25) is 4.79 Å². The van der Waals surface area contributed by atoms with Crippen LogP contribution in [-0.4, -0.2) is 39.4 Å². The van der Waals surface area contributed by atoms with Crippen LogP contribution >= 0.6 is 27.3 Å². The number of aryl methyl sites for hydroxylation is 1. The number of carbonyl (C=O) groups excluding carboxylic acids is 1. The molecule has 0 aliphatic carbocycles. The second kappa shape index (κ2) is 6.34. The van der Waals surface area contributed by atoms with Crippen molar-refractivity contribution in [2.45, 2.75) is 18.7 Å². The molecule has 0 N–H and O–H groups in total. The van der Waals surface area contributed by atoms with E-state index < -0.39 is 21.9 Å². The van der Waals surface area contributed by atoms with E-state index in [1.165, 1.54) is 29.8 Å². The Labute approximate surface area is 125 Å². The number of ether oxygens (including phenoxy) is 1. The molecule has 1 aromatic rings. The Hall–Kier alpha value is -0.440. The van der Waals surface area contributed by atoms with Crippen LogP contribution in [0.1, 0.15) is 11.8 Å². The normalized spacial score (nSPS) is 13.6. The van der Waals surface area contributed by atoms with Gasteiger partial charge in [-0.25, -0.2) is 12.7 Å². The van der Waals surface area contributed by atoms with Crippen LogP contribution in [0.3, 0.4) is 0 Å². The second-order valence-electron chi connectivity index (χ2n) is 4.18. The van der Waals surface area contributed by atoms with Crippen LogP contribution in [0.2, 0.25) is 0 Å². The molecule has 1 atom stereocenters. The lowest BCUT2D eigenvalue weighted by atomic mass is 10.2. The molecule has 0 radical (unpaired) electrons. The average Bonchev–Trinajstić information content (AvgIpc) is 2.67. The van der Waals surface area contributed by atoms with Crippen LogP contribution in [0.15, 0.2) is 14.7 Å². The molecule has 1 aromatic heterocycles. The summed E-state index contributed by atoms with van der Waals surface area (Å²) >= 11 is 4.63. The SMILES string of the molecule is COC(=O)C(C)CN(C)S(=O)(=O)c1cc(Br)sc1C. The van der Waals surface area contributed by atoms with E-state index >= 15 is 0 Å². The summed E-state index contributed by atoms with van der Waals surface area (Å²) in [5, 5.41) is 0. The van der Waals surface area contributed by atoms with E-state index in [1.54, 1.807) is 19.9 Å². The largest absolute Gasteiger partial charge is 0.469 e. The fraction of sp³-hybridized carbons (Fsp3) is 0.545. The number of methoxy groups -OCH3 is 1. The molecule has 0 aliphatic rings. The highest BCUT2D eigenvalue weighted by atomic mass is 79.9. The molecule has 1 heterocycles. The Bertz CT molecular complexity index is 567. The van der Waals surface area contributed by atoms with Crippen LogP contribution in [0, 0.1) is 12.8 Å². The molecule has 0 saturated carbocycles. The van der Waals surface area contributed by atoms with Crippen molar-refractivity contribution in [3.63, 3.8) is 0 Å². The first kappa shape index (κ1) is 16.6. The summed E-state index contributed by atoms with van der Waals surface area (Å²) in [6.45, 7) is 3.47. The molecule has 1 rings (SSSR count). The number of halogens is 1. The Morgan fingerprint density at radius 2 is 2.16 bits per heavy atom. The van der Waals surface area contributed by atoms with Gasteiger partial charge >= 0.3 is 5.97 Å². The Morgan fingerprint density at radius 1 is 1.58 bits per heavy atom. The van der Waals surface area contributed by atoms with Gasteiger partial charge in [0.1, 0.15) is 0 Å². The van der Waals surface area contributed by atoms with Crippen molar-refractivity contribution in [1.29, 1.82) is 0 Å². The minimum absolute atomic E-state index is 0.0852. The number of rotatable bonds is 5. The van der Waals surface area contributed by atoms with Gasteiger partial charge < -0.3 is 4.74 Å². The first-order valence-corrected chi connectivity index (χ1v) is 8.55. The predicted molar refractivity (Wildman–Crippen MR) is 77.8 cm³/mol. The lowest BCUT2D eigenvalue weighted by Crippen LogP contribution is -2.34. The summed E-state index contributed by atoms with van der Waals surface area (Å²) in [4.78, 5) is 12.3. The summed E-state index contributed by atoms with van der Waals surface area (Å²) in [5.41, 5.74) is 0. The fourth-order valence-corrected chi connectivity index (χ4v) is 5.25. The van der Waals surface area contributed by atoms with Gasteiger partial charge in [0.2, 0.25) is 10.0 Å². The van der Waals surface area contributed by atoms with Crippen molar-refractivity contribution < 1.29 is 17.9 Å². The first-order chi connectivity index (χ1) is 8.70. The average molecular weight is 370 g/mol. The van der Waals surface area contributed by atoms with Crippen LogP contribution in [0.4, 0.5) is 0 Å². The molecule has 0 spiro atoms. The molecule has 0 fully saturated rings. The highest BCUT2D eigenvalue weighted by Crippen LogP contribution is 2.31. The zero-order chi connectivity index (χ0) is 14.8. The topological polar surface area (TPSA) is 63.7 Å². The summed E-state index contributed by atoms with van der Waals surface area (Å²) in [7, 11) is -0.836. The maximum atomic E-state index is 12.4. The number of esters is 1. The molecule has 19 heavy (non-hydrogen) atoms. The fourth-order valence-electron chi connectivity index (χ4n) is 1.61. The maximum Gasteiger partial charge on any atom is 0.309 e. The number of hydrogen-bond acceptors (Lipinski definition) is 5. The number of hydrogen-bond donors (Lipinski definition) is 0. The van der Waals surface area contributed by atoms with Gasteiger partial charge in [-0.15, -0.1) is 11.3 Å². The van der Waals surface area contributed by atoms with Gasteiger partial charge in [0.25, 0.3) is 0 Å². The standard InChI is InChI=1S/C11H16BrNO4S2/c1-7(11(14)17-4)6-13(3)19(15,16)9-5-10(12)18-8(9)2/h5,7H,6H2,1-4H3. The zero-order valence-corrected chi connectivity index (χ0v) is 14.4. The summed E-state index contributed by atoms with van der Waals surface area (Å²) in [5.74, 6) is -0.933. The molecule has 0 aliphatic heterocycles. The third-order valence-corrected chi connectivity index (χ3v) is 6.30. The monoisotopic (exact) mass is 369 g/mol. The van der Waals surface area contributed by atoms with E-state index in [4.69, 9.17) is 0 Å². The molecule has 0 amide bonds. The lowest BCUT2D eigenvalue weighted by Gasteiger charge is -2.19. The molecule has 108 valence electrons. The van der Waals surface area contributed by atoms with Crippen molar-refractivity contribution >= 4 is 43.3 Å². The van der Waals surface area contributed by atoms with E-state index in [1.807, 2.05) is 0 Å². The molecule has 0 saturated heterocycles. The van der Waals surface area contributed by atoms with Gasteiger partial charge in [0.05, 0.1) is 21.7 Å². The number of sulfonamides is 1. The Morgan fingerprint density at radius 3 is 2.58 bits per heavy atom. The third-order valence-electron chi connectivity index (χ3n) is 2.66. The Balaban J connectivity index is 2.95. The van der Waals surface area contributed by atoms with E-state index in [2.05, 4.69) is 20.7 Å². The smallest absolute Gasteiger partial charge is 0.309 e. The van der Waals surface area contributed by atoms with Crippen LogP contribution in [0.25, 0.3) is 0 Å². The molecule has 1 unspecified atom stereocenters. The molecule has 8 heteroatoms. The van der Waals surface area contributed by atoms with Crippen LogP contribution < -0.4 is 0 Å². The molecule has 5 nitrogen and oxygen atoms in total. The van der Waals surface area contributed by atoms with Crippen molar-refractivity contribution in [2.75, 3.05) is 20.7 Å². The van der Waals surface area contributed by atoms with Crippen molar-refractivity contribution in [3.8, 4) is 0 Å². The van der Waals surface area contributed by atoms with Gasteiger partial charge in [-0.1, -0.05) is 6.92 Å². The summed E-state index contributed by atoms with van der Waals surface area (Å²) in [6, 6.07) is 1.58. The van der Waals surface area contributed by atoms with Crippen molar-refractivity contribution in [1.82, 2.24) is 4.31 Å². The number of nitrogens with zero attached hydrogens (tertiary/aromatic N) is 1. The predicted octanol–water partition coefficient (Wildman–Crippen LogP) is 2.25. The third kappa shape index (κ3) is 3.77. The zero-order valence-electron chi connectivity index (χ0n) is 11.1. The highest BCUT2D eigenvalue weighted by Gasteiger charge is 2.27. The van der Waals surface area contributed by atoms with Crippen LogP contribution in [0.5, 0.6) is 0 Å². The quantitative estimate of drug-likeness (QED) is 0.746. The second-order valence-corrected chi connectivity index (χ2v) is 8.83. The van der Waals surface area contributed by atoms with Gasteiger partial charge in [0, 0.05) is 18.5 Å². The van der Waals surface area contributed by atoms with Gasteiger partial charge in [-0.05, 0) is 28.9 Å². The minimum Gasteiger partial charge on any atom is -0.469 e. The molecule has 0 aromatic carbocycles. The number of carbonyl (C=O) groups is 1. The minimum atomic E-state index is -3.58. The Kier molecular flexibility index (Phi) is 5.54. The van der Waals surface area contributed by atoms with Gasteiger partial charge in [-0.2, -0.15) is 0 Å². The molecule has 0 bridgehead atoms. The molecular weight excluding hydrogens is 354 g/mol. The van der Waals surface area contributed by atoms with E-state index in [9.17, 15) is 13.2 Å². The van der Waals surface area contributed by atoms with Crippen molar-refractivity contribution in [3.05, 3.63) is 14.7 Å². The summed E-state index contributed by atoms with van der Waals surface area (Å²) in [6.07, 6.45) is 0. The molecular formula is C11H16BrNO4S2. The highest BCUT2D eigenvalue weighted by molar-refractivity contribution is 9.11. The lowest BCUT2D eigenvalue weighted by molar-refractivity contribution is -0.144. The maximum absolute atomic E-state index is 12.4. The number of thiophene rings is 1. The van der Waals surface area contributed by atoms with E-state index in [0.29, 0.717) is 4.88 Å². The van der Waals surface area contributed by atoms with E-state index in [-0.39, 0.29) is 11.4 Å². The van der Waals surface area contributed by atoms with Crippen LogP contribution in [-0.2, 0) is 19.6 Å². The summed E-state index contributed by atoms with van der Waals surface area (Å²) < 4.78 is 31.3. The van der Waals surface area contributed by atoms with Crippen molar-refractivity contribution in [2.24, 2.45) is 5.92 Å². The van der Waals surface area contributed by atoms with E-state index in [0.717, 1.165) is 3.79 Å². The first-order valence-electron chi connectivity index (χ1n) is 5.50.